The second kappa shape index (κ2) is 8.33. The molecule has 0 amide bonds. The minimum Gasteiger partial charge on any atom is -0.478 e. The van der Waals surface area contributed by atoms with Gasteiger partial charge in [0, 0.05) is 19.8 Å². The first-order valence-corrected chi connectivity index (χ1v) is 8.35. The van der Waals surface area contributed by atoms with Crippen molar-refractivity contribution in [1.29, 1.82) is 0 Å². The van der Waals surface area contributed by atoms with E-state index in [-0.39, 0.29) is 22.0 Å². The number of carboxylic acid groups (broad SMARTS) is 1. The van der Waals surface area contributed by atoms with Crippen molar-refractivity contribution in [2.75, 3.05) is 19.8 Å². The van der Waals surface area contributed by atoms with Crippen LogP contribution in [0.25, 0.3) is 0 Å². The Bertz CT molecular complexity index is 588. The first kappa shape index (κ1) is 17.9. The topological polar surface area (TPSA) is 92.7 Å². The zero-order valence-corrected chi connectivity index (χ0v) is 13.2. The highest BCUT2D eigenvalue weighted by Gasteiger charge is 2.17. The van der Waals surface area contributed by atoms with Crippen molar-refractivity contribution in [1.82, 2.24) is 4.72 Å². The smallest absolute Gasteiger partial charge is 0.337 e. The van der Waals surface area contributed by atoms with Gasteiger partial charge in [0.2, 0.25) is 10.0 Å². The number of rotatable bonds is 9. The summed E-state index contributed by atoms with van der Waals surface area (Å²) in [6.45, 7) is 3.32. The molecular formula is C13H18ClNO5S. The van der Waals surface area contributed by atoms with Gasteiger partial charge in [-0.05, 0) is 31.0 Å². The average Bonchev–Trinajstić information content (AvgIpc) is 2.42. The maximum atomic E-state index is 12.0. The van der Waals surface area contributed by atoms with Gasteiger partial charge in [0.1, 0.15) is 0 Å². The van der Waals surface area contributed by atoms with Crippen molar-refractivity contribution in [2.45, 2.75) is 24.7 Å². The van der Waals surface area contributed by atoms with Gasteiger partial charge in [-0.1, -0.05) is 18.5 Å². The molecule has 0 radical (unpaired) electrons. The number of benzene rings is 1. The summed E-state index contributed by atoms with van der Waals surface area (Å²) >= 11 is 5.70. The van der Waals surface area contributed by atoms with Crippen LogP contribution in [0.4, 0.5) is 0 Å². The summed E-state index contributed by atoms with van der Waals surface area (Å²) in [5.41, 5.74) is -0.245. The summed E-state index contributed by atoms with van der Waals surface area (Å²) in [7, 11) is -3.75. The first-order valence-electron chi connectivity index (χ1n) is 6.48. The molecule has 2 N–H and O–H groups in total. The summed E-state index contributed by atoms with van der Waals surface area (Å²) in [6.07, 6.45) is 1.45. The van der Waals surface area contributed by atoms with Crippen LogP contribution in [0.2, 0.25) is 5.02 Å². The van der Waals surface area contributed by atoms with Crippen LogP contribution in [-0.4, -0.2) is 39.3 Å². The number of aromatic carboxylic acids is 1. The average molecular weight is 336 g/mol. The predicted molar refractivity (Wildman–Crippen MR) is 79.3 cm³/mol. The summed E-state index contributed by atoms with van der Waals surface area (Å²) in [5.74, 6) is -1.27. The number of carbonyl (C=O) groups is 1. The fraction of sp³-hybridized carbons (Fsp3) is 0.462. The van der Waals surface area contributed by atoms with Gasteiger partial charge in [0.05, 0.1) is 15.5 Å². The van der Waals surface area contributed by atoms with Gasteiger partial charge in [0.15, 0.2) is 0 Å². The molecule has 0 atom stereocenters. The Kier molecular flexibility index (Phi) is 7.10. The van der Waals surface area contributed by atoms with E-state index in [1.54, 1.807) is 0 Å². The van der Waals surface area contributed by atoms with Crippen molar-refractivity contribution in [3.63, 3.8) is 0 Å². The third kappa shape index (κ3) is 5.62. The minimum absolute atomic E-state index is 0.00517. The number of hydrogen-bond acceptors (Lipinski definition) is 4. The van der Waals surface area contributed by atoms with E-state index in [1.165, 1.54) is 12.1 Å². The Hall–Kier alpha value is -1.15. The molecule has 0 bridgehead atoms. The summed E-state index contributed by atoms with van der Waals surface area (Å²) < 4.78 is 31.7. The van der Waals surface area contributed by atoms with Crippen molar-refractivity contribution < 1.29 is 23.1 Å². The van der Waals surface area contributed by atoms with Crippen LogP contribution in [0.5, 0.6) is 0 Å². The molecule has 1 aromatic rings. The van der Waals surface area contributed by atoms with Gasteiger partial charge in [-0.15, -0.1) is 0 Å². The van der Waals surface area contributed by atoms with E-state index in [9.17, 15) is 13.2 Å². The lowest BCUT2D eigenvalue weighted by atomic mass is 10.2. The molecule has 21 heavy (non-hydrogen) atoms. The highest BCUT2D eigenvalue weighted by molar-refractivity contribution is 7.89. The van der Waals surface area contributed by atoms with Crippen LogP contribution in [0.3, 0.4) is 0 Å². The Morgan fingerprint density at radius 1 is 1.38 bits per heavy atom. The zero-order chi connectivity index (χ0) is 15.9. The highest BCUT2D eigenvalue weighted by atomic mass is 35.5. The van der Waals surface area contributed by atoms with Gasteiger partial charge >= 0.3 is 5.97 Å². The maximum absolute atomic E-state index is 12.0. The molecule has 1 rings (SSSR count). The van der Waals surface area contributed by atoms with Gasteiger partial charge in [-0.3, -0.25) is 0 Å². The molecule has 0 saturated carbocycles. The second-order valence-electron chi connectivity index (χ2n) is 4.31. The van der Waals surface area contributed by atoms with Crippen molar-refractivity contribution in [2.24, 2.45) is 0 Å². The van der Waals surface area contributed by atoms with E-state index in [0.29, 0.717) is 19.6 Å². The van der Waals surface area contributed by atoms with Crippen molar-refractivity contribution in [3.8, 4) is 0 Å². The largest absolute Gasteiger partial charge is 0.478 e. The predicted octanol–water partition coefficient (Wildman–Crippen LogP) is 2.13. The second-order valence-corrected chi connectivity index (χ2v) is 6.48. The molecule has 0 aromatic heterocycles. The number of halogens is 1. The van der Waals surface area contributed by atoms with Crippen LogP contribution >= 0.6 is 11.6 Å². The van der Waals surface area contributed by atoms with Crippen molar-refractivity contribution in [3.05, 3.63) is 28.8 Å². The highest BCUT2D eigenvalue weighted by Crippen LogP contribution is 2.20. The molecule has 6 nitrogen and oxygen atoms in total. The van der Waals surface area contributed by atoms with E-state index in [2.05, 4.69) is 4.72 Å². The third-order valence-electron chi connectivity index (χ3n) is 2.58. The number of ether oxygens (including phenoxy) is 1. The Morgan fingerprint density at radius 2 is 2.10 bits per heavy atom. The van der Waals surface area contributed by atoms with Gasteiger partial charge in [0.25, 0.3) is 0 Å². The van der Waals surface area contributed by atoms with E-state index in [0.717, 1.165) is 12.5 Å². The Balaban J connectivity index is 2.66. The molecule has 0 unspecified atom stereocenters. The molecule has 8 heteroatoms. The number of sulfonamides is 1. The Morgan fingerprint density at radius 3 is 2.71 bits per heavy atom. The monoisotopic (exact) mass is 335 g/mol. The molecule has 0 aliphatic carbocycles. The summed E-state index contributed by atoms with van der Waals surface area (Å²) in [6, 6.07) is 3.56. The lowest BCUT2D eigenvalue weighted by molar-refractivity contribution is 0.0697. The lowest BCUT2D eigenvalue weighted by Crippen LogP contribution is -2.26. The standard InChI is InChI=1S/C13H18ClNO5S/c1-2-7-20-8-3-6-15-21(18,19)10-4-5-12(14)11(9-10)13(16)17/h4-5,9,15H,2-3,6-8H2,1H3,(H,16,17). The summed E-state index contributed by atoms with van der Waals surface area (Å²) in [5, 5.41) is 8.93. The molecule has 0 aliphatic heterocycles. The van der Waals surface area contributed by atoms with Crippen LogP contribution in [0, 0.1) is 0 Å². The quantitative estimate of drug-likeness (QED) is 0.674. The molecule has 0 spiro atoms. The van der Waals surface area contributed by atoms with Crippen LogP contribution in [-0.2, 0) is 14.8 Å². The number of hydrogen-bond donors (Lipinski definition) is 2. The van der Waals surface area contributed by atoms with Crippen LogP contribution in [0.15, 0.2) is 23.1 Å². The Labute approximate surface area is 129 Å². The molecule has 0 saturated heterocycles. The van der Waals surface area contributed by atoms with E-state index < -0.39 is 16.0 Å². The fourth-order valence-corrected chi connectivity index (χ4v) is 2.84. The van der Waals surface area contributed by atoms with Gasteiger partial charge in [-0.25, -0.2) is 17.9 Å². The SMILES string of the molecule is CCCOCCCNS(=O)(=O)c1ccc(Cl)c(C(=O)O)c1. The fourth-order valence-electron chi connectivity index (χ4n) is 1.55. The first-order chi connectivity index (χ1) is 9.88. The van der Waals surface area contributed by atoms with E-state index >= 15 is 0 Å². The van der Waals surface area contributed by atoms with Gasteiger partial charge in [-0.2, -0.15) is 0 Å². The van der Waals surface area contributed by atoms with Gasteiger partial charge < -0.3 is 9.84 Å². The zero-order valence-electron chi connectivity index (χ0n) is 11.6. The third-order valence-corrected chi connectivity index (χ3v) is 4.37. The normalized spacial score (nSPS) is 11.5. The lowest BCUT2D eigenvalue weighted by Gasteiger charge is -2.08. The molecule has 118 valence electrons. The van der Waals surface area contributed by atoms with E-state index in [4.69, 9.17) is 21.4 Å². The number of carboxylic acids is 1. The molecule has 0 fully saturated rings. The number of nitrogens with one attached hydrogen (secondary N) is 1. The molecule has 1 aromatic carbocycles. The van der Waals surface area contributed by atoms with E-state index in [1.807, 2.05) is 6.92 Å². The summed E-state index contributed by atoms with van der Waals surface area (Å²) in [4.78, 5) is 10.8. The van der Waals surface area contributed by atoms with Crippen LogP contribution in [0.1, 0.15) is 30.1 Å². The van der Waals surface area contributed by atoms with Crippen LogP contribution < -0.4 is 4.72 Å². The minimum atomic E-state index is -3.75. The maximum Gasteiger partial charge on any atom is 0.337 e. The van der Waals surface area contributed by atoms with Crippen molar-refractivity contribution >= 4 is 27.6 Å². The molecular weight excluding hydrogens is 318 g/mol. The molecule has 0 aliphatic rings. The molecule has 0 heterocycles.